The molecule has 2 aliphatic carbocycles. The molecular weight excluding hydrogens is 952 g/mol. The fourth-order valence-corrected chi connectivity index (χ4v) is 10.5. The van der Waals surface area contributed by atoms with E-state index >= 15 is 0 Å². The summed E-state index contributed by atoms with van der Waals surface area (Å²) in [6.07, 6.45) is 9.80. The Morgan fingerprint density at radius 3 is 2.29 bits per heavy atom. The average Bonchev–Trinajstić information content (AvgIpc) is 3.71. The van der Waals surface area contributed by atoms with E-state index in [-0.39, 0.29) is 71.7 Å². The summed E-state index contributed by atoms with van der Waals surface area (Å²) in [7, 11) is 0. The van der Waals surface area contributed by atoms with Crippen molar-refractivity contribution in [1.29, 1.82) is 0 Å². The van der Waals surface area contributed by atoms with E-state index in [0.29, 0.717) is 39.3 Å². The number of fused-ring (bicyclic) bond motifs is 5. The average molecular weight is 1020 g/mol. The van der Waals surface area contributed by atoms with Crippen molar-refractivity contribution in [3.8, 4) is 45.1 Å². The first-order valence-corrected chi connectivity index (χ1v) is 22.0. The van der Waals surface area contributed by atoms with Crippen molar-refractivity contribution < 1.29 is 43.9 Å². The van der Waals surface area contributed by atoms with Gasteiger partial charge >= 0.3 is 21.1 Å². The Bertz CT molecular complexity index is 3390. The van der Waals surface area contributed by atoms with Crippen LogP contribution in [0.5, 0.6) is 11.5 Å². The topological polar surface area (TPSA) is 48.2 Å². The summed E-state index contributed by atoms with van der Waals surface area (Å²) in [5.74, 6) is 0.0608. The predicted molar refractivity (Wildman–Crippen MR) is 256 cm³/mol. The second kappa shape index (κ2) is 16.8. The third-order valence-corrected chi connectivity index (χ3v) is 14.2. The van der Waals surface area contributed by atoms with Crippen molar-refractivity contribution in [2.24, 2.45) is 22.6 Å². The van der Waals surface area contributed by atoms with Crippen molar-refractivity contribution in [3.63, 3.8) is 0 Å². The number of rotatable bonds is 7. The van der Waals surface area contributed by atoms with Gasteiger partial charge in [0, 0.05) is 48.4 Å². The van der Waals surface area contributed by atoms with E-state index in [9.17, 15) is 1.37 Å². The zero-order valence-electron chi connectivity index (χ0n) is 46.4. The van der Waals surface area contributed by atoms with E-state index in [1.165, 1.54) is 11.6 Å². The molecule has 2 fully saturated rings. The molecule has 0 amide bonds. The molecule has 5 aromatic carbocycles. The summed E-state index contributed by atoms with van der Waals surface area (Å²) in [5, 5.41) is 3.41. The Hall–Kier alpha value is -5.05. The fraction of sp³-hybridized carbons (Fsp3) is 0.345. The Balaban J connectivity index is 0.00000656. The summed E-state index contributed by atoms with van der Waals surface area (Å²) in [5.41, 5.74) is 4.87. The minimum absolute atomic E-state index is 0. The van der Waals surface area contributed by atoms with Crippen LogP contribution in [0.1, 0.15) is 120 Å². The first kappa shape index (κ1) is 32.6. The summed E-state index contributed by atoms with van der Waals surface area (Å²) in [6, 6.07) is 34.3. The van der Waals surface area contributed by atoms with Crippen molar-refractivity contribution in [3.05, 3.63) is 143 Å². The number of nitrogens with zero attached hydrogens (tertiary/aromatic N) is 2. The first-order valence-electron chi connectivity index (χ1n) is 27.0. The third kappa shape index (κ3) is 8.07. The van der Waals surface area contributed by atoms with Gasteiger partial charge in [0.1, 0.15) is 5.58 Å². The molecule has 4 nitrogen and oxygen atoms in total. The van der Waals surface area contributed by atoms with Gasteiger partial charge in [-0.25, -0.2) is 0 Å². The molecule has 0 radical (unpaired) electrons. The van der Waals surface area contributed by atoms with E-state index in [0.717, 1.165) is 72.9 Å². The largest absolute Gasteiger partial charge is 2.00 e. The van der Waals surface area contributed by atoms with Gasteiger partial charge in [0.2, 0.25) is 0 Å². The van der Waals surface area contributed by atoms with E-state index in [2.05, 4.69) is 57.8 Å². The summed E-state index contributed by atoms with van der Waals surface area (Å²) >= 11 is 0. The van der Waals surface area contributed by atoms with Crippen molar-refractivity contribution in [2.75, 3.05) is 0 Å². The SMILES string of the molecule is [2H]C([2H])([2H])c1cnc(-c2[c-]c(Oc3[c-]c(-c4cc(C5CCC(C)(C6([2H])CCC(C)(C)CC6)CC5C)c(C)cn4)c4oc5c6ccccc6ccc5c4c3)c(C([2H])([2H])[2H])c(-c3ccccc3)c2)cc1C([2H])([2H])[2H].[Pt+2]. The molecular formula is C58H58N2O2Pt. The maximum absolute atomic E-state index is 9.82. The number of pyridine rings is 2. The second-order valence-electron chi connectivity index (χ2n) is 19.0. The molecule has 63 heavy (non-hydrogen) atoms. The van der Waals surface area contributed by atoms with Crippen LogP contribution in [0.3, 0.4) is 0 Å². The third-order valence-electron chi connectivity index (χ3n) is 14.2. The molecule has 2 saturated carbocycles. The number of ether oxygens (including phenoxy) is 1. The smallest absolute Gasteiger partial charge is 0.500 e. The van der Waals surface area contributed by atoms with E-state index in [1.54, 1.807) is 36.4 Å². The molecule has 0 aliphatic heterocycles. The summed E-state index contributed by atoms with van der Waals surface area (Å²) < 4.78 is 99.3. The van der Waals surface area contributed by atoms with Crippen LogP contribution >= 0.6 is 0 Å². The van der Waals surface area contributed by atoms with Gasteiger partial charge in [0.25, 0.3) is 0 Å². The Morgan fingerprint density at radius 1 is 0.746 bits per heavy atom. The van der Waals surface area contributed by atoms with Crippen LogP contribution in [-0.4, -0.2) is 9.97 Å². The molecule has 3 atom stereocenters. The number of aromatic nitrogens is 2. The van der Waals surface area contributed by atoms with Gasteiger partial charge in [-0.05, 0) is 133 Å². The van der Waals surface area contributed by atoms with Gasteiger partial charge in [-0.2, -0.15) is 0 Å². The molecule has 8 aromatic rings. The van der Waals surface area contributed by atoms with Crippen LogP contribution in [0.2, 0.25) is 0 Å². The number of hydrogen-bond acceptors (Lipinski definition) is 4. The summed E-state index contributed by atoms with van der Waals surface area (Å²) in [6.45, 7) is 3.13. The molecule has 0 N–H and O–H groups in total. The van der Waals surface area contributed by atoms with Gasteiger partial charge in [0.15, 0.2) is 0 Å². The predicted octanol–water partition coefficient (Wildman–Crippen LogP) is 16.3. The minimum atomic E-state index is -2.81. The molecule has 3 unspecified atom stereocenters. The van der Waals surface area contributed by atoms with Gasteiger partial charge < -0.3 is 19.1 Å². The second-order valence-corrected chi connectivity index (χ2v) is 19.0. The first-order chi connectivity index (χ1) is 33.8. The molecule has 0 spiro atoms. The van der Waals surface area contributed by atoms with E-state index in [4.69, 9.17) is 26.5 Å². The molecule has 0 bridgehead atoms. The van der Waals surface area contributed by atoms with Gasteiger partial charge in [-0.15, -0.1) is 11.6 Å². The van der Waals surface area contributed by atoms with Crippen LogP contribution in [0, 0.1) is 62.3 Å². The van der Waals surface area contributed by atoms with Gasteiger partial charge in [-0.1, -0.05) is 159 Å². The van der Waals surface area contributed by atoms with Crippen LogP contribution in [0.25, 0.3) is 66.4 Å². The molecule has 10 rings (SSSR count). The van der Waals surface area contributed by atoms with E-state index in [1.807, 2.05) is 48.7 Å². The van der Waals surface area contributed by atoms with Crippen molar-refractivity contribution in [2.45, 2.75) is 106 Å². The van der Waals surface area contributed by atoms with Gasteiger partial charge in [0.05, 0.1) is 5.58 Å². The quantitative estimate of drug-likeness (QED) is 0.149. The molecule has 5 heteroatoms. The zero-order valence-corrected chi connectivity index (χ0v) is 38.7. The maximum atomic E-state index is 9.82. The molecule has 0 saturated heterocycles. The molecule has 2 aliphatic rings. The van der Waals surface area contributed by atoms with Gasteiger partial charge in [-0.3, -0.25) is 0 Å². The summed E-state index contributed by atoms with van der Waals surface area (Å²) in [4.78, 5) is 9.47. The minimum Gasteiger partial charge on any atom is -0.500 e. The molecule has 322 valence electrons. The fourth-order valence-electron chi connectivity index (χ4n) is 10.5. The number of benzene rings is 5. The number of furan rings is 1. The van der Waals surface area contributed by atoms with E-state index < -0.39 is 37.6 Å². The Morgan fingerprint density at radius 2 is 1.51 bits per heavy atom. The number of hydrogen-bond donors (Lipinski definition) is 0. The zero-order chi connectivity index (χ0) is 51.3. The van der Waals surface area contributed by atoms with Crippen LogP contribution in [-0.2, 0) is 21.1 Å². The van der Waals surface area contributed by atoms with Crippen LogP contribution in [0.15, 0.2) is 108 Å². The monoisotopic (exact) mass is 1020 g/mol. The molecule has 3 aromatic heterocycles. The normalized spacial score (nSPS) is 23.7. The maximum Gasteiger partial charge on any atom is 2.00 e. The van der Waals surface area contributed by atoms with Crippen molar-refractivity contribution >= 4 is 32.7 Å². The van der Waals surface area contributed by atoms with Crippen LogP contribution in [0.4, 0.5) is 0 Å². The standard InChI is InChI=1S/C58H58N2O2.Pt/c1-35-26-52(59-33-37(35)3)42-27-49(40-14-10-9-11-15-40)39(5)54(28-42)61-44-29-50-47-19-18-41-16-12-13-17-46(41)55(47)62-56(50)51(30-44)53-31-48(38(4)34-60-53)45-22-25-58(8,32-36(45)2)43-20-23-57(6,7)24-21-43;/h9-19,26-27,29,31,33-34,36,43,45H,20-25,32H2,1-8H3;/q-2;+2/i1D3,3D3,5D3,43D;. The number of aryl methyl sites for hydroxylation is 3. The van der Waals surface area contributed by atoms with Crippen LogP contribution < -0.4 is 4.74 Å². The molecule has 3 heterocycles. The van der Waals surface area contributed by atoms with Crippen molar-refractivity contribution in [1.82, 2.24) is 9.97 Å². The Kier molecular flexibility index (Phi) is 8.70. The Labute approximate surface area is 402 Å².